The van der Waals surface area contributed by atoms with Crippen LogP contribution in [0.25, 0.3) is 0 Å². The fraction of sp³-hybridized carbons (Fsp3) is 0.538. The van der Waals surface area contributed by atoms with Crippen molar-refractivity contribution in [3.8, 4) is 0 Å². The molecule has 2 fully saturated rings. The van der Waals surface area contributed by atoms with Crippen LogP contribution in [0, 0.1) is 0 Å². The van der Waals surface area contributed by atoms with Crippen LogP contribution in [-0.4, -0.2) is 12.1 Å². The number of nitrogens with one attached hydrogen (secondary N) is 1. The summed E-state index contributed by atoms with van der Waals surface area (Å²) in [6, 6.07) is 8.47. The molecule has 1 saturated carbocycles. The normalized spacial score (nSPS) is 33.7. The smallest absolute Gasteiger partial charge is 0.135 e. The maximum absolute atomic E-state index is 6.04. The van der Waals surface area contributed by atoms with E-state index < -0.39 is 0 Å². The lowest BCUT2D eigenvalue weighted by molar-refractivity contribution is 0.0246. The minimum Gasteiger partial charge on any atom is -0.354 e. The van der Waals surface area contributed by atoms with E-state index in [0.29, 0.717) is 12.1 Å². The van der Waals surface area contributed by atoms with Crippen molar-refractivity contribution in [2.45, 2.75) is 44.1 Å². The molecule has 1 saturated heterocycles. The first-order valence-electron chi connectivity index (χ1n) is 6.00. The second kappa shape index (κ2) is 4.36. The van der Waals surface area contributed by atoms with E-state index in [1.165, 1.54) is 25.7 Å². The summed E-state index contributed by atoms with van der Waals surface area (Å²) >= 11 is 5.99. The zero-order valence-electron chi connectivity index (χ0n) is 9.16. The highest BCUT2D eigenvalue weighted by atomic mass is 35.5. The summed E-state index contributed by atoms with van der Waals surface area (Å²) in [7, 11) is 0. The Morgan fingerprint density at radius 3 is 2.94 bits per heavy atom. The second-order valence-electron chi connectivity index (χ2n) is 4.67. The highest BCUT2D eigenvalue weighted by Gasteiger charge is 2.36. The molecule has 2 nitrogen and oxygen atoms in total. The summed E-state index contributed by atoms with van der Waals surface area (Å²) in [5.41, 5.74) is 1.14. The van der Waals surface area contributed by atoms with Crippen molar-refractivity contribution in [3.63, 3.8) is 0 Å². The molecule has 3 atom stereocenters. The van der Waals surface area contributed by atoms with Crippen LogP contribution in [-0.2, 0) is 4.74 Å². The third-order valence-corrected chi connectivity index (χ3v) is 3.77. The Morgan fingerprint density at radius 2 is 2.12 bits per heavy atom. The van der Waals surface area contributed by atoms with E-state index in [-0.39, 0.29) is 6.23 Å². The molecule has 1 aliphatic carbocycles. The minimum absolute atomic E-state index is 0.0341. The summed E-state index contributed by atoms with van der Waals surface area (Å²) in [6.07, 6.45) is 5.48. The van der Waals surface area contributed by atoms with E-state index >= 15 is 0 Å². The summed E-state index contributed by atoms with van der Waals surface area (Å²) < 4.78 is 6.04. The highest BCUT2D eigenvalue weighted by molar-refractivity contribution is 6.30. The molecule has 0 bridgehead atoms. The predicted molar refractivity (Wildman–Crippen MR) is 64.5 cm³/mol. The first kappa shape index (κ1) is 10.6. The van der Waals surface area contributed by atoms with Crippen molar-refractivity contribution in [2.75, 3.05) is 0 Å². The van der Waals surface area contributed by atoms with Crippen molar-refractivity contribution in [1.82, 2.24) is 5.32 Å². The molecule has 1 unspecified atom stereocenters. The number of fused-ring (bicyclic) bond motifs is 1. The van der Waals surface area contributed by atoms with Gasteiger partial charge in [-0.05, 0) is 30.5 Å². The molecule has 0 radical (unpaired) electrons. The van der Waals surface area contributed by atoms with Crippen molar-refractivity contribution in [3.05, 3.63) is 34.9 Å². The van der Waals surface area contributed by atoms with Crippen molar-refractivity contribution >= 4 is 11.6 Å². The fourth-order valence-corrected chi connectivity index (χ4v) is 2.90. The SMILES string of the molecule is Clc1cccc(C2N[C@@H]3CCCC[C@H]3O2)c1. The van der Waals surface area contributed by atoms with Crippen molar-refractivity contribution in [1.29, 1.82) is 0 Å². The third-order valence-electron chi connectivity index (χ3n) is 3.53. The van der Waals surface area contributed by atoms with Crippen LogP contribution in [0.5, 0.6) is 0 Å². The first-order chi connectivity index (χ1) is 7.83. The zero-order valence-corrected chi connectivity index (χ0v) is 9.91. The number of rotatable bonds is 1. The average molecular weight is 238 g/mol. The molecule has 2 aliphatic rings. The molecular weight excluding hydrogens is 222 g/mol. The fourth-order valence-electron chi connectivity index (χ4n) is 2.70. The van der Waals surface area contributed by atoms with Crippen molar-refractivity contribution in [2.24, 2.45) is 0 Å². The van der Waals surface area contributed by atoms with Gasteiger partial charge in [-0.25, -0.2) is 0 Å². The summed E-state index contributed by atoms with van der Waals surface area (Å²) in [6.45, 7) is 0. The third kappa shape index (κ3) is 1.97. The Hall–Kier alpha value is -0.570. The quantitative estimate of drug-likeness (QED) is 0.810. The maximum Gasteiger partial charge on any atom is 0.135 e. The molecule has 3 rings (SSSR count). The summed E-state index contributed by atoms with van der Waals surface area (Å²) in [5, 5.41) is 4.33. The number of ether oxygens (including phenoxy) is 1. The lowest BCUT2D eigenvalue weighted by Crippen LogP contribution is -2.33. The van der Waals surface area contributed by atoms with E-state index in [0.717, 1.165) is 10.6 Å². The molecule has 1 aromatic rings. The Kier molecular flexibility index (Phi) is 2.88. The largest absolute Gasteiger partial charge is 0.354 e. The van der Waals surface area contributed by atoms with Crippen LogP contribution >= 0.6 is 11.6 Å². The van der Waals surface area contributed by atoms with Gasteiger partial charge in [-0.3, -0.25) is 5.32 Å². The molecule has 16 heavy (non-hydrogen) atoms. The van der Waals surface area contributed by atoms with Gasteiger partial charge < -0.3 is 4.74 Å². The van der Waals surface area contributed by atoms with E-state index in [4.69, 9.17) is 16.3 Å². The second-order valence-corrected chi connectivity index (χ2v) is 5.10. The molecule has 86 valence electrons. The molecule has 1 aliphatic heterocycles. The number of hydrogen-bond acceptors (Lipinski definition) is 2. The zero-order chi connectivity index (χ0) is 11.0. The Bertz CT molecular complexity index is 368. The standard InChI is InChI=1S/C13H16ClNO/c14-10-5-3-4-9(8-10)13-15-11-6-1-2-7-12(11)16-13/h3-5,8,11-13,15H,1-2,6-7H2/t11-,12-,13?/m1/s1. The molecule has 1 heterocycles. The molecule has 1 N–H and O–H groups in total. The molecule has 0 aromatic heterocycles. The van der Waals surface area contributed by atoms with Gasteiger partial charge in [-0.2, -0.15) is 0 Å². The van der Waals surface area contributed by atoms with E-state index in [1.807, 2.05) is 18.2 Å². The van der Waals surface area contributed by atoms with E-state index in [9.17, 15) is 0 Å². The van der Waals surface area contributed by atoms with E-state index in [1.54, 1.807) is 0 Å². The van der Waals surface area contributed by atoms with E-state index in [2.05, 4.69) is 11.4 Å². The monoisotopic (exact) mass is 237 g/mol. The maximum atomic E-state index is 6.04. The average Bonchev–Trinajstić information content (AvgIpc) is 2.72. The molecule has 0 amide bonds. The Balaban J connectivity index is 1.77. The van der Waals surface area contributed by atoms with Gasteiger partial charge in [0.05, 0.1) is 6.10 Å². The van der Waals surface area contributed by atoms with Gasteiger partial charge in [0.2, 0.25) is 0 Å². The van der Waals surface area contributed by atoms with Gasteiger partial charge in [-0.1, -0.05) is 36.6 Å². The number of halogens is 1. The van der Waals surface area contributed by atoms with Crippen LogP contribution in [0.2, 0.25) is 5.02 Å². The van der Waals surface area contributed by atoms with Crippen LogP contribution in [0.1, 0.15) is 37.5 Å². The van der Waals surface area contributed by atoms with Gasteiger partial charge in [0.25, 0.3) is 0 Å². The van der Waals surface area contributed by atoms with Gasteiger partial charge in [0.15, 0.2) is 0 Å². The number of benzene rings is 1. The molecule has 1 aromatic carbocycles. The molecule has 3 heteroatoms. The Morgan fingerprint density at radius 1 is 1.25 bits per heavy atom. The summed E-state index contributed by atoms with van der Waals surface area (Å²) in [5.74, 6) is 0. The lowest BCUT2D eigenvalue weighted by Gasteiger charge is -2.22. The van der Waals surface area contributed by atoms with Crippen LogP contribution in [0.15, 0.2) is 24.3 Å². The minimum atomic E-state index is 0.0341. The Labute approximate surface area is 101 Å². The molecular formula is C13H16ClNO. The lowest BCUT2D eigenvalue weighted by atomic mass is 9.93. The predicted octanol–water partition coefficient (Wildman–Crippen LogP) is 3.27. The van der Waals surface area contributed by atoms with Gasteiger partial charge in [0, 0.05) is 11.1 Å². The first-order valence-corrected chi connectivity index (χ1v) is 6.38. The van der Waals surface area contributed by atoms with Gasteiger partial charge >= 0.3 is 0 Å². The topological polar surface area (TPSA) is 21.3 Å². The van der Waals surface area contributed by atoms with Gasteiger partial charge in [0.1, 0.15) is 6.23 Å². The number of hydrogen-bond donors (Lipinski definition) is 1. The van der Waals surface area contributed by atoms with Crippen LogP contribution in [0.3, 0.4) is 0 Å². The summed E-state index contributed by atoms with van der Waals surface area (Å²) in [4.78, 5) is 0. The van der Waals surface area contributed by atoms with Crippen LogP contribution < -0.4 is 5.32 Å². The van der Waals surface area contributed by atoms with Crippen LogP contribution in [0.4, 0.5) is 0 Å². The van der Waals surface area contributed by atoms with Gasteiger partial charge in [-0.15, -0.1) is 0 Å². The highest BCUT2D eigenvalue weighted by Crippen LogP contribution is 2.33. The van der Waals surface area contributed by atoms with Crippen molar-refractivity contribution < 1.29 is 4.74 Å². The molecule has 0 spiro atoms.